The maximum atomic E-state index is 11.6. The van der Waals surface area contributed by atoms with E-state index < -0.39 is 5.97 Å². The quantitative estimate of drug-likeness (QED) is 0.508. The highest BCUT2D eigenvalue weighted by atomic mass is 16.4. The van der Waals surface area contributed by atoms with Crippen molar-refractivity contribution in [2.24, 2.45) is 10.9 Å². The van der Waals surface area contributed by atoms with Gasteiger partial charge in [0, 0.05) is 6.42 Å². The first-order chi connectivity index (χ1) is 14.4. The summed E-state index contributed by atoms with van der Waals surface area (Å²) in [5.41, 5.74) is 8.59. The van der Waals surface area contributed by atoms with Gasteiger partial charge in [0.05, 0.1) is 17.0 Å². The van der Waals surface area contributed by atoms with Crippen LogP contribution in [0.2, 0.25) is 0 Å². The maximum Gasteiger partial charge on any atom is 0.336 e. The third kappa shape index (κ3) is 4.20. The number of benzene rings is 3. The van der Waals surface area contributed by atoms with Gasteiger partial charge in [-0.1, -0.05) is 62.4 Å². The molecule has 1 aliphatic heterocycles. The molecule has 4 rings (SSSR count). The smallest absolute Gasteiger partial charge is 0.336 e. The number of fused-ring (bicyclic) bond motifs is 1. The average molecular weight is 398 g/mol. The fourth-order valence-corrected chi connectivity index (χ4v) is 3.97. The molecule has 1 N–H and O–H groups in total. The maximum absolute atomic E-state index is 11.6. The van der Waals surface area contributed by atoms with Gasteiger partial charge in [0.2, 0.25) is 0 Å². The van der Waals surface area contributed by atoms with Crippen molar-refractivity contribution in [3.05, 3.63) is 88.5 Å². The van der Waals surface area contributed by atoms with Gasteiger partial charge in [-0.3, -0.25) is 4.99 Å². The molecule has 0 amide bonds. The normalized spacial score (nSPS) is 12.7. The fourth-order valence-electron chi connectivity index (χ4n) is 3.97. The Balaban J connectivity index is 1.52. The summed E-state index contributed by atoms with van der Waals surface area (Å²) in [6.45, 7) is 6.42. The molecule has 0 radical (unpaired) electrons. The van der Waals surface area contributed by atoms with Crippen molar-refractivity contribution < 1.29 is 9.90 Å². The van der Waals surface area contributed by atoms with E-state index in [1.807, 2.05) is 13.0 Å². The van der Waals surface area contributed by atoms with E-state index in [1.54, 1.807) is 6.07 Å². The summed E-state index contributed by atoms with van der Waals surface area (Å²) in [7, 11) is 0. The Labute approximate surface area is 178 Å². The van der Waals surface area contributed by atoms with E-state index in [1.165, 1.54) is 23.1 Å². The van der Waals surface area contributed by atoms with Crippen molar-refractivity contribution in [1.29, 1.82) is 0 Å². The highest BCUT2D eigenvalue weighted by Gasteiger charge is 2.22. The van der Waals surface area contributed by atoms with Gasteiger partial charge in [-0.15, -0.1) is 0 Å². The van der Waals surface area contributed by atoms with Crippen molar-refractivity contribution in [2.45, 2.75) is 40.0 Å². The van der Waals surface area contributed by atoms with Gasteiger partial charge in [-0.2, -0.15) is 0 Å². The van der Waals surface area contributed by atoms with E-state index in [9.17, 15) is 9.90 Å². The van der Waals surface area contributed by atoms with Gasteiger partial charge in [0.15, 0.2) is 0 Å². The second-order valence-electron chi connectivity index (χ2n) is 8.56. The third-order valence-electron chi connectivity index (χ3n) is 5.72. The van der Waals surface area contributed by atoms with Gasteiger partial charge in [0.25, 0.3) is 0 Å². The summed E-state index contributed by atoms with van der Waals surface area (Å²) in [6, 6.07) is 20.9. The molecule has 1 heterocycles. The SMILES string of the molecule is Cc1cc2c(c(C(=O)O)c1)CC(c1ccc(-c3ccc(CCC(C)C)cc3)cc1)=N2. The molecule has 0 saturated carbocycles. The minimum atomic E-state index is -0.890. The molecule has 3 aromatic carbocycles. The van der Waals surface area contributed by atoms with Crippen molar-refractivity contribution >= 4 is 17.4 Å². The van der Waals surface area contributed by atoms with Crippen LogP contribution in [0.3, 0.4) is 0 Å². The molecular formula is C27H27NO2. The number of rotatable bonds is 6. The zero-order chi connectivity index (χ0) is 21.3. The highest BCUT2D eigenvalue weighted by molar-refractivity contribution is 6.09. The van der Waals surface area contributed by atoms with Crippen LogP contribution in [0.1, 0.15) is 52.9 Å². The van der Waals surface area contributed by atoms with Crippen molar-refractivity contribution in [2.75, 3.05) is 0 Å². The van der Waals surface area contributed by atoms with E-state index in [0.717, 1.165) is 40.4 Å². The van der Waals surface area contributed by atoms with Gasteiger partial charge < -0.3 is 5.11 Å². The van der Waals surface area contributed by atoms with Gasteiger partial charge in [0.1, 0.15) is 0 Å². The molecule has 0 saturated heterocycles. The number of hydrogen-bond acceptors (Lipinski definition) is 2. The lowest BCUT2D eigenvalue weighted by Gasteiger charge is -2.08. The van der Waals surface area contributed by atoms with Crippen LogP contribution in [0.4, 0.5) is 5.69 Å². The Bertz CT molecular complexity index is 1110. The van der Waals surface area contributed by atoms with E-state index in [2.05, 4.69) is 62.4 Å². The Morgan fingerprint density at radius 2 is 1.57 bits per heavy atom. The van der Waals surface area contributed by atoms with Gasteiger partial charge in [-0.05, 0) is 71.2 Å². The molecule has 30 heavy (non-hydrogen) atoms. The van der Waals surface area contributed by atoms with Crippen molar-refractivity contribution in [1.82, 2.24) is 0 Å². The van der Waals surface area contributed by atoms with E-state index in [0.29, 0.717) is 12.0 Å². The molecule has 3 heteroatoms. The summed E-state index contributed by atoms with van der Waals surface area (Å²) in [5.74, 6) is -0.170. The molecule has 0 spiro atoms. The summed E-state index contributed by atoms with van der Waals surface area (Å²) in [4.78, 5) is 16.3. The molecule has 1 aliphatic rings. The zero-order valence-corrected chi connectivity index (χ0v) is 17.8. The van der Waals surface area contributed by atoms with Crippen LogP contribution >= 0.6 is 0 Å². The number of aryl methyl sites for hydroxylation is 2. The van der Waals surface area contributed by atoms with Crippen molar-refractivity contribution in [3.8, 4) is 11.1 Å². The minimum Gasteiger partial charge on any atom is -0.478 e. The number of carboxylic acid groups (broad SMARTS) is 1. The predicted octanol–water partition coefficient (Wildman–Crippen LogP) is 6.63. The highest BCUT2D eigenvalue weighted by Crippen LogP contribution is 2.33. The van der Waals surface area contributed by atoms with Crippen LogP contribution < -0.4 is 0 Å². The van der Waals surface area contributed by atoms with Crippen molar-refractivity contribution in [3.63, 3.8) is 0 Å². The Morgan fingerprint density at radius 1 is 0.967 bits per heavy atom. The monoisotopic (exact) mass is 397 g/mol. The summed E-state index contributed by atoms with van der Waals surface area (Å²) >= 11 is 0. The standard InChI is InChI=1S/C27H27NO2/c1-17(2)4-5-19-6-8-20(9-7-19)21-10-12-22(13-11-21)25-16-23-24(27(29)30)14-18(3)15-26(23)28-25/h6-15,17H,4-5,16H2,1-3H3,(H,29,30). The zero-order valence-electron chi connectivity index (χ0n) is 17.8. The summed E-state index contributed by atoms with van der Waals surface area (Å²) < 4.78 is 0. The topological polar surface area (TPSA) is 49.7 Å². The van der Waals surface area contributed by atoms with Crippen LogP contribution in [-0.2, 0) is 12.8 Å². The molecule has 0 aliphatic carbocycles. The minimum absolute atomic E-state index is 0.359. The summed E-state index contributed by atoms with van der Waals surface area (Å²) in [6.07, 6.45) is 2.89. The molecule has 0 aromatic heterocycles. The Kier molecular flexibility index (Phi) is 5.54. The molecule has 0 atom stereocenters. The van der Waals surface area contributed by atoms with E-state index in [-0.39, 0.29) is 0 Å². The number of carboxylic acids is 1. The Hall–Kier alpha value is -3.20. The number of nitrogens with zero attached hydrogens (tertiary/aromatic N) is 1. The average Bonchev–Trinajstić information content (AvgIpc) is 3.16. The first kappa shape index (κ1) is 20.1. The molecule has 0 bridgehead atoms. The van der Waals surface area contributed by atoms with Crippen LogP contribution in [0, 0.1) is 12.8 Å². The fraction of sp³-hybridized carbons (Fsp3) is 0.259. The lowest BCUT2D eigenvalue weighted by Crippen LogP contribution is -2.05. The Morgan fingerprint density at radius 3 is 2.17 bits per heavy atom. The second kappa shape index (κ2) is 8.27. The van der Waals surface area contributed by atoms with Gasteiger partial charge >= 0.3 is 5.97 Å². The molecule has 0 unspecified atom stereocenters. The molecule has 3 aromatic rings. The molecule has 0 fully saturated rings. The largest absolute Gasteiger partial charge is 0.478 e. The first-order valence-electron chi connectivity index (χ1n) is 10.5. The lowest BCUT2D eigenvalue weighted by molar-refractivity contribution is 0.0696. The number of aliphatic imine (C=N–C) groups is 1. The molecule has 3 nitrogen and oxygen atoms in total. The number of hydrogen-bond donors (Lipinski definition) is 1. The van der Waals surface area contributed by atoms with Gasteiger partial charge in [-0.25, -0.2) is 4.79 Å². The lowest BCUT2D eigenvalue weighted by atomic mass is 9.96. The predicted molar refractivity (Wildman–Crippen MR) is 123 cm³/mol. The first-order valence-corrected chi connectivity index (χ1v) is 10.5. The van der Waals surface area contributed by atoms with Crippen LogP contribution in [0.15, 0.2) is 65.7 Å². The second-order valence-corrected chi connectivity index (χ2v) is 8.56. The molecular weight excluding hydrogens is 370 g/mol. The van der Waals surface area contributed by atoms with Crippen LogP contribution in [0.25, 0.3) is 11.1 Å². The van der Waals surface area contributed by atoms with Crippen LogP contribution in [-0.4, -0.2) is 16.8 Å². The van der Waals surface area contributed by atoms with E-state index in [4.69, 9.17) is 4.99 Å². The molecule has 152 valence electrons. The summed E-state index contributed by atoms with van der Waals surface area (Å²) in [5, 5.41) is 9.52. The van der Waals surface area contributed by atoms with Crippen LogP contribution in [0.5, 0.6) is 0 Å². The number of aromatic carboxylic acids is 1. The van der Waals surface area contributed by atoms with E-state index >= 15 is 0 Å². The number of carbonyl (C=O) groups is 1. The third-order valence-corrected chi connectivity index (χ3v) is 5.72.